The number of H-pyrrole nitrogens is 1. The van der Waals surface area contributed by atoms with Crippen molar-refractivity contribution >= 4 is 5.97 Å². The Morgan fingerprint density at radius 2 is 2.11 bits per heavy atom. The summed E-state index contributed by atoms with van der Waals surface area (Å²) in [6, 6.07) is 6.15. The molecule has 0 bridgehead atoms. The van der Waals surface area contributed by atoms with E-state index in [1.54, 1.807) is 6.20 Å². The monoisotopic (exact) mass is 258 g/mol. The molecule has 2 rings (SSSR count). The van der Waals surface area contributed by atoms with E-state index in [9.17, 15) is 4.79 Å². The molecule has 1 aromatic heterocycles. The fourth-order valence-corrected chi connectivity index (χ4v) is 2.05. The number of carboxylic acids is 1. The van der Waals surface area contributed by atoms with E-state index >= 15 is 0 Å². The lowest BCUT2D eigenvalue weighted by Crippen LogP contribution is -2.11. The van der Waals surface area contributed by atoms with Crippen LogP contribution in [-0.4, -0.2) is 21.0 Å². The van der Waals surface area contributed by atoms with E-state index in [1.807, 2.05) is 13.0 Å². The number of rotatable bonds is 4. The van der Waals surface area contributed by atoms with Gasteiger partial charge in [-0.2, -0.15) is 0 Å². The number of aromatic nitrogens is 2. The molecule has 19 heavy (non-hydrogen) atoms. The molecule has 2 N–H and O–H groups in total. The largest absolute Gasteiger partial charge is 0.481 e. The van der Waals surface area contributed by atoms with Gasteiger partial charge in [-0.3, -0.25) is 4.79 Å². The molecule has 1 aromatic carbocycles. The number of hydrogen-bond donors (Lipinski definition) is 2. The van der Waals surface area contributed by atoms with E-state index in [4.69, 9.17) is 5.11 Å². The third-order valence-electron chi connectivity index (χ3n) is 3.45. The minimum Gasteiger partial charge on any atom is -0.481 e. The molecule has 0 amide bonds. The van der Waals surface area contributed by atoms with E-state index in [2.05, 4.69) is 35.9 Å². The first-order chi connectivity index (χ1) is 9.02. The first kappa shape index (κ1) is 13.3. The van der Waals surface area contributed by atoms with E-state index in [0.29, 0.717) is 12.2 Å². The Morgan fingerprint density at radius 3 is 2.68 bits per heavy atom. The smallest absolute Gasteiger partial charge is 0.314 e. The van der Waals surface area contributed by atoms with Gasteiger partial charge in [0.25, 0.3) is 0 Å². The molecule has 0 saturated carbocycles. The standard InChI is InChI=1S/C15H18N2O2/c1-4-12(15(18)19)14-16-8-13(17-14)11-6-5-9(2)10(3)7-11/h5-8,12H,4H2,1-3H3,(H,16,17)(H,18,19). The summed E-state index contributed by atoms with van der Waals surface area (Å²) in [4.78, 5) is 18.4. The summed E-state index contributed by atoms with van der Waals surface area (Å²) < 4.78 is 0. The minimum absolute atomic E-state index is 0.517. The number of carboxylic acid groups (broad SMARTS) is 1. The number of aliphatic carboxylic acids is 1. The Bertz CT molecular complexity index is 602. The number of nitrogens with zero attached hydrogens (tertiary/aromatic N) is 1. The zero-order chi connectivity index (χ0) is 14.0. The second kappa shape index (κ2) is 5.26. The van der Waals surface area contributed by atoms with Crippen molar-refractivity contribution in [1.29, 1.82) is 0 Å². The Labute approximate surface area is 112 Å². The molecular formula is C15H18N2O2. The number of benzene rings is 1. The molecule has 0 radical (unpaired) electrons. The lowest BCUT2D eigenvalue weighted by Gasteiger charge is -2.06. The average Bonchev–Trinajstić information content (AvgIpc) is 2.82. The topological polar surface area (TPSA) is 66.0 Å². The maximum Gasteiger partial charge on any atom is 0.314 e. The first-order valence-corrected chi connectivity index (χ1v) is 6.38. The highest BCUT2D eigenvalue weighted by atomic mass is 16.4. The molecule has 2 aromatic rings. The maximum atomic E-state index is 11.1. The number of nitrogens with one attached hydrogen (secondary N) is 1. The Kier molecular flexibility index (Phi) is 3.69. The summed E-state index contributed by atoms with van der Waals surface area (Å²) in [5.41, 5.74) is 4.33. The van der Waals surface area contributed by atoms with Crippen LogP contribution in [0.5, 0.6) is 0 Å². The van der Waals surface area contributed by atoms with Crippen LogP contribution in [0.4, 0.5) is 0 Å². The SMILES string of the molecule is CCC(C(=O)O)c1ncc(-c2ccc(C)c(C)c2)[nH]1. The van der Waals surface area contributed by atoms with Gasteiger partial charge in [-0.15, -0.1) is 0 Å². The van der Waals surface area contributed by atoms with Crippen LogP contribution in [-0.2, 0) is 4.79 Å². The number of aromatic amines is 1. The summed E-state index contributed by atoms with van der Waals surface area (Å²) in [6.45, 7) is 5.97. The molecule has 0 fully saturated rings. The van der Waals surface area contributed by atoms with Gasteiger partial charge in [-0.25, -0.2) is 4.98 Å². The molecular weight excluding hydrogens is 240 g/mol. The van der Waals surface area contributed by atoms with Gasteiger partial charge in [0.15, 0.2) is 0 Å². The fraction of sp³-hybridized carbons (Fsp3) is 0.333. The van der Waals surface area contributed by atoms with Crippen molar-refractivity contribution in [2.75, 3.05) is 0 Å². The summed E-state index contributed by atoms with van der Waals surface area (Å²) in [5, 5.41) is 9.13. The summed E-state index contributed by atoms with van der Waals surface area (Å²) in [6.07, 6.45) is 2.22. The second-order valence-electron chi connectivity index (χ2n) is 4.78. The number of imidazole rings is 1. The molecule has 1 unspecified atom stereocenters. The summed E-state index contributed by atoms with van der Waals surface area (Å²) in [7, 11) is 0. The Balaban J connectivity index is 2.35. The molecule has 100 valence electrons. The van der Waals surface area contributed by atoms with Gasteiger partial charge in [-0.1, -0.05) is 19.1 Å². The van der Waals surface area contributed by atoms with Crippen molar-refractivity contribution in [3.8, 4) is 11.3 Å². The highest BCUT2D eigenvalue weighted by Crippen LogP contribution is 2.23. The third kappa shape index (κ3) is 2.67. The van der Waals surface area contributed by atoms with Crippen molar-refractivity contribution in [3.63, 3.8) is 0 Å². The number of hydrogen-bond acceptors (Lipinski definition) is 2. The zero-order valence-electron chi connectivity index (χ0n) is 11.4. The van der Waals surface area contributed by atoms with Gasteiger partial charge < -0.3 is 10.1 Å². The van der Waals surface area contributed by atoms with Crippen LogP contribution < -0.4 is 0 Å². The summed E-state index contributed by atoms with van der Waals surface area (Å²) >= 11 is 0. The van der Waals surface area contributed by atoms with Gasteiger partial charge in [0.2, 0.25) is 0 Å². The highest BCUT2D eigenvalue weighted by molar-refractivity contribution is 5.75. The number of carbonyl (C=O) groups is 1. The zero-order valence-corrected chi connectivity index (χ0v) is 11.4. The third-order valence-corrected chi connectivity index (χ3v) is 3.45. The molecule has 0 aliphatic carbocycles. The summed E-state index contributed by atoms with van der Waals surface area (Å²) in [5.74, 6) is -0.896. The van der Waals surface area contributed by atoms with Crippen LogP contribution in [0.15, 0.2) is 24.4 Å². The molecule has 1 atom stereocenters. The Morgan fingerprint density at radius 1 is 1.37 bits per heavy atom. The van der Waals surface area contributed by atoms with Crippen LogP contribution in [0.3, 0.4) is 0 Å². The number of aryl methyl sites for hydroxylation is 2. The Hall–Kier alpha value is -2.10. The van der Waals surface area contributed by atoms with Gasteiger partial charge >= 0.3 is 5.97 Å². The molecule has 0 aliphatic heterocycles. The van der Waals surface area contributed by atoms with Crippen molar-refractivity contribution < 1.29 is 9.90 Å². The van der Waals surface area contributed by atoms with Crippen LogP contribution in [0.1, 0.15) is 36.2 Å². The highest BCUT2D eigenvalue weighted by Gasteiger charge is 2.20. The quantitative estimate of drug-likeness (QED) is 0.884. The van der Waals surface area contributed by atoms with E-state index < -0.39 is 11.9 Å². The van der Waals surface area contributed by atoms with Crippen LogP contribution >= 0.6 is 0 Å². The van der Waals surface area contributed by atoms with Gasteiger partial charge in [0.05, 0.1) is 11.9 Å². The molecule has 0 saturated heterocycles. The molecule has 4 nitrogen and oxygen atoms in total. The first-order valence-electron chi connectivity index (χ1n) is 6.38. The lowest BCUT2D eigenvalue weighted by molar-refractivity contribution is -0.139. The predicted molar refractivity (Wildman–Crippen MR) is 74.2 cm³/mol. The van der Waals surface area contributed by atoms with Crippen LogP contribution in [0, 0.1) is 13.8 Å². The van der Waals surface area contributed by atoms with Crippen molar-refractivity contribution in [2.45, 2.75) is 33.1 Å². The molecule has 0 aliphatic rings. The molecule has 4 heteroatoms. The van der Waals surface area contributed by atoms with Crippen LogP contribution in [0.2, 0.25) is 0 Å². The van der Waals surface area contributed by atoms with Gasteiger partial charge in [0, 0.05) is 0 Å². The van der Waals surface area contributed by atoms with E-state index in [0.717, 1.165) is 11.3 Å². The maximum absolute atomic E-state index is 11.1. The van der Waals surface area contributed by atoms with Gasteiger partial charge in [0.1, 0.15) is 11.7 Å². The van der Waals surface area contributed by atoms with E-state index in [-0.39, 0.29) is 0 Å². The predicted octanol–water partition coefficient (Wildman–Crippen LogP) is 3.27. The van der Waals surface area contributed by atoms with Crippen molar-refractivity contribution in [2.24, 2.45) is 0 Å². The molecule has 0 spiro atoms. The van der Waals surface area contributed by atoms with Crippen molar-refractivity contribution in [3.05, 3.63) is 41.3 Å². The fourth-order valence-electron chi connectivity index (χ4n) is 2.05. The van der Waals surface area contributed by atoms with E-state index in [1.165, 1.54) is 11.1 Å². The van der Waals surface area contributed by atoms with Gasteiger partial charge in [-0.05, 0) is 43.0 Å². The minimum atomic E-state index is -0.844. The molecule has 1 heterocycles. The lowest BCUT2D eigenvalue weighted by atomic mass is 10.0. The second-order valence-corrected chi connectivity index (χ2v) is 4.78. The van der Waals surface area contributed by atoms with Crippen LogP contribution in [0.25, 0.3) is 11.3 Å². The van der Waals surface area contributed by atoms with Crippen molar-refractivity contribution in [1.82, 2.24) is 9.97 Å². The average molecular weight is 258 g/mol. The normalized spacial score (nSPS) is 12.4.